The van der Waals surface area contributed by atoms with Gasteiger partial charge < -0.3 is 14.0 Å². The largest absolute Gasteiger partial charge is 0.311 e. The van der Waals surface area contributed by atoms with Crippen LogP contribution in [0.1, 0.15) is 37.3 Å². The Hall–Kier alpha value is -9.12. The van der Waals surface area contributed by atoms with Crippen molar-refractivity contribution in [2.24, 2.45) is 0 Å². The van der Waals surface area contributed by atoms with E-state index in [1.165, 1.54) is 5.56 Å². The van der Waals surface area contributed by atoms with E-state index in [0.717, 1.165) is 105 Å². The molecule has 0 saturated carbocycles. The van der Waals surface area contributed by atoms with Gasteiger partial charge in [-0.15, -0.1) is 0 Å². The van der Waals surface area contributed by atoms with Crippen LogP contribution in [0.4, 0.5) is 17.1 Å². The van der Waals surface area contributed by atoms with E-state index < -0.39 is 24.2 Å². The van der Waals surface area contributed by atoms with Crippen LogP contribution in [0.15, 0.2) is 249 Å². The lowest BCUT2D eigenvalue weighted by atomic mass is 9.33. The van der Waals surface area contributed by atoms with E-state index in [2.05, 4.69) is 212 Å². The summed E-state index contributed by atoms with van der Waals surface area (Å²) in [6, 6.07) is 68.1. The molecule has 348 valence electrons. The highest BCUT2D eigenvalue weighted by Gasteiger charge is 2.42. The Kier molecular flexibility index (Phi) is 7.68. The lowest BCUT2D eigenvalue weighted by Crippen LogP contribution is -2.60. The van der Waals surface area contributed by atoms with Crippen LogP contribution in [0, 0.1) is 0 Å². The minimum Gasteiger partial charge on any atom is -0.311 e. The maximum Gasteiger partial charge on any atom is 0.252 e. The number of para-hydroxylation sites is 3. The number of aromatic nitrogens is 2. The first-order valence-corrected chi connectivity index (χ1v) is 25.3. The van der Waals surface area contributed by atoms with E-state index in [-0.39, 0.29) is 58.1 Å². The maximum absolute atomic E-state index is 9.52. The molecule has 0 spiro atoms. The molecule has 15 rings (SSSR count). The summed E-state index contributed by atoms with van der Waals surface area (Å²) < 4.78 is 77.4. The molecule has 0 saturated heterocycles. The average Bonchev–Trinajstić information content (AvgIpc) is 1.47. The minimum atomic E-state index is -0.482. The van der Waals surface area contributed by atoms with E-state index in [0.29, 0.717) is 5.69 Å². The molecule has 74 heavy (non-hydrogen) atoms. The van der Waals surface area contributed by atoms with Crippen molar-refractivity contribution in [3.8, 4) is 33.6 Å². The molecule has 13 aromatic rings. The van der Waals surface area contributed by atoms with Crippen LogP contribution in [0.2, 0.25) is 0 Å². The molecule has 11 aromatic carbocycles. The maximum atomic E-state index is 9.52. The van der Waals surface area contributed by atoms with E-state index in [9.17, 15) is 5.48 Å². The van der Waals surface area contributed by atoms with Crippen molar-refractivity contribution in [2.45, 2.75) is 26.2 Å². The Balaban J connectivity index is 1.16. The van der Waals surface area contributed by atoms with Gasteiger partial charge in [-0.2, -0.15) is 0 Å². The molecule has 2 aromatic heterocycles. The van der Waals surface area contributed by atoms with Crippen LogP contribution in [0.3, 0.4) is 0 Å². The van der Waals surface area contributed by atoms with E-state index in [1.54, 1.807) is 4.57 Å². The number of hydrogen-bond donors (Lipinski definition) is 0. The van der Waals surface area contributed by atoms with Gasteiger partial charge in [0.2, 0.25) is 0 Å². The zero-order valence-electron chi connectivity index (χ0n) is 49.0. The van der Waals surface area contributed by atoms with Gasteiger partial charge >= 0.3 is 0 Å². The standard InChI is InChI=1S/C70H50BN3/c1-70(2,3)49-34-37-60-66(43-49)74-64-33-19-14-28-56(64)54-26-12-10-24-52(54)53-25-11-13-27-55(53)59-36-39-65-68(69(59)74)71(60)61-38-35-50(72-62-31-17-15-29-57(62)58-30-16-18-32-63(58)72)44-67(61)73(65)51-41-47(45-20-6-4-7-21-45)40-48(42-51)46-22-8-5-9-23-46/h4-44H,1-3H3/i15D,16D,17D,18D,29D,30D,31D,32D. The molecule has 0 atom stereocenters. The molecule has 0 bridgehead atoms. The lowest BCUT2D eigenvalue weighted by Gasteiger charge is -2.41. The fourth-order valence-corrected chi connectivity index (χ4v) is 12.2. The third-order valence-corrected chi connectivity index (χ3v) is 15.5. The van der Waals surface area contributed by atoms with Gasteiger partial charge in [-0.05, 0) is 132 Å². The Bertz CT molecular complexity index is 4890. The molecule has 0 aliphatic carbocycles. The van der Waals surface area contributed by atoms with Crippen molar-refractivity contribution >= 4 is 105 Å². The summed E-state index contributed by atoms with van der Waals surface area (Å²) in [5, 5.41) is 6.74. The van der Waals surface area contributed by atoms with Gasteiger partial charge in [-0.25, -0.2) is 0 Å². The van der Waals surface area contributed by atoms with E-state index in [1.807, 2.05) is 18.2 Å². The summed E-state index contributed by atoms with van der Waals surface area (Å²) in [5.41, 5.74) is 14.6. The van der Waals surface area contributed by atoms with E-state index in [4.69, 9.17) is 5.48 Å². The highest BCUT2D eigenvalue weighted by atomic mass is 15.2. The van der Waals surface area contributed by atoms with Crippen LogP contribution >= 0.6 is 0 Å². The Morgan fingerprint density at radius 1 is 0.365 bits per heavy atom. The quantitative estimate of drug-likeness (QED) is 0.160. The first kappa shape index (κ1) is 35.1. The number of anilines is 3. The van der Waals surface area contributed by atoms with Gasteiger partial charge in [0.25, 0.3) is 6.71 Å². The summed E-state index contributed by atoms with van der Waals surface area (Å²) >= 11 is 0. The molecule has 0 fully saturated rings. The van der Waals surface area contributed by atoms with Crippen molar-refractivity contribution in [3.05, 3.63) is 254 Å². The first-order valence-electron chi connectivity index (χ1n) is 29.3. The smallest absolute Gasteiger partial charge is 0.252 e. The van der Waals surface area contributed by atoms with Gasteiger partial charge in [0.05, 0.1) is 33.0 Å². The number of benzene rings is 11. The molecular formula is C70H50BN3. The van der Waals surface area contributed by atoms with Gasteiger partial charge in [0.15, 0.2) is 0 Å². The molecule has 4 heteroatoms. The number of fused-ring (bicyclic) bond motifs is 15. The van der Waals surface area contributed by atoms with Gasteiger partial charge in [-0.3, -0.25) is 0 Å². The third kappa shape index (κ3) is 6.34. The minimum absolute atomic E-state index is 0.0317. The normalized spacial score (nSPS) is 14.3. The Labute approximate surface area is 442 Å². The second-order valence-corrected chi connectivity index (χ2v) is 20.7. The SMILES string of the molecule is [2H]c1c([2H])c([2H])c2c(c1[2H])c1c([2H])c([2H])c([2H])c([2H])c1n2-c1ccc2c(c1)N(c1cc(-c3ccccc3)cc(-c3ccccc3)c1)c1ccc3c4ccccc4c4ccccc4c4ccccc4n4c3c1B2c1ccc(C(C)(C)C)cc1-4. The highest BCUT2D eigenvalue weighted by Crippen LogP contribution is 2.46. The van der Waals surface area contributed by atoms with Crippen molar-refractivity contribution in [3.63, 3.8) is 0 Å². The van der Waals surface area contributed by atoms with Crippen molar-refractivity contribution in [1.82, 2.24) is 9.13 Å². The first-order chi connectivity index (χ1) is 39.7. The Morgan fingerprint density at radius 3 is 1.51 bits per heavy atom. The van der Waals surface area contributed by atoms with Crippen LogP contribution in [0.25, 0.3) is 98.8 Å². The van der Waals surface area contributed by atoms with Gasteiger partial charge in [-0.1, -0.05) is 209 Å². The molecule has 0 N–H and O–H groups in total. The zero-order valence-corrected chi connectivity index (χ0v) is 41.0. The predicted molar refractivity (Wildman–Crippen MR) is 317 cm³/mol. The van der Waals surface area contributed by atoms with Crippen LogP contribution in [0.5, 0.6) is 0 Å². The zero-order chi connectivity index (χ0) is 56.2. The fraction of sp³-hybridized carbons (Fsp3) is 0.0571. The van der Waals surface area contributed by atoms with Crippen molar-refractivity contribution in [1.29, 1.82) is 0 Å². The molecule has 2 aliphatic rings. The monoisotopic (exact) mass is 951 g/mol. The van der Waals surface area contributed by atoms with Crippen molar-refractivity contribution < 1.29 is 11.0 Å². The highest BCUT2D eigenvalue weighted by molar-refractivity contribution is 7.00. The molecular weight excluding hydrogens is 894 g/mol. The van der Waals surface area contributed by atoms with Crippen molar-refractivity contribution in [2.75, 3.05) is 4.90 Å². The molecule has 2 aliphatic heterocycles. The molecule has 0 unspecified atom stereocenters. The topological polar surface area (TPSA) is 13.1 Å². The fourth-order valence-electron chi connectivity index (χ4n) is 12.2. The van der Waals surface area contributed by atoms with Crippen LogP contribution in [-0.4, -0.2) is 15.8 Å². The second kappa shape index (κ2) is 16.2. The Morgan fingerprint density at radius 2 is 0.892 bits per heavy atom. The predicted octanol–water partition coefficient (Wildman–Crippen LogP) is 16.6. The van der Waals surface area contributed by atoms with Gasteiger partial charge in [0, 0.05) is 50.0 Å². The van der Waals surface area contributed by atoms with Gasteiger partial charge in [0.1, 0.15) is 0 Å². The number of hydrogen-bond acceptors (Lipinski definition) is 1. The summed E-state index contributed by atoms with van der Waals surface area (Å²) in [7, 11) is 0. The summed E-state index contributed by atoms with van der Waals surface area (Å²) in [5.74, 6) is 0. The summed E-state index contributed by atoms with van der Waals surface area (Å²) in [6.45, 7) is 6.41. The lowest BCUT2D eigenvalue weighted by molar-refractivity contribution is 0.590. The summed E-state index contributed by atoms with van der Waals surface area (Å²) in [4.78, 5) is 2.34. The molecule has 4 heterocycles. The third-order valence-electron chi connectivity index (χ3n) is 15.5. The summed E-state index contributed by atoms with van der Waals surface area (Å²) in [6.07, 6.45) is 0. The van der Waals surface area contributed by atoms with E-state index >= 15 is 0 Å². The number of rotatable bonds is 4. The number of nitrogens with zero attached hydrogens (tertiary/aromatic N) is 3. The van der Waals surface area contributed by atoms with Crippen LogP contribution < -0.4 is 21.3 Å². The molecule has 0 amide bonds. The molecule has 3 nitrogen and oxygen atoms in total. The average molecular weight is 952 g/mol. The second-order valence-electron chi connectivity index (χ2n) is 20.7. The molecule has 0 radical (unpaired) electrons. The van der Waals surface area contributed by atoms with Crippen LogP contribution in [-0.2, 0) is 5.41 Å².